The van der Waals surface area contributed by atoms with E-state index in [9.17, 15) is 17.6 Å². The number of carbonyl (C=O) groups is 1. The van der Waals surface area contributed by atoms with Gasteiger partial charge in [0.1, 0.15) is 12.4 Å². The zero-order chi connectivity index (χ0) is 20.3. The van der Waals surface area contributed by atoms with E-state index in [1.165, 1.54) is 18.2 Å². The van der Waals surface area contributed by atoms with Crippen LogP contribution in [0.15, 0.2) is 53.6 Å². The maximum atomic E-state index is 14.3. The average molecular weight is 405 g/mol. The molecule has 0 bridgehead atoms. The molecule has 9 heteroatoms. The van der Waals surface area contributed by atoms with Gasteiger partial charge in [0.25, 0.3) is 5.91 Å². The van der Waals surface area contributed by atoms with E-state index in [1.54, 1.807) is 42.5 Å². The Morgan fingerprint density at radius 2 is 1.93 bits per heavy atom. The fourth-order valence-electron chi connectivity index (χ4n) is 3.04. The second-order valence-corrected chi connectivity index (χ2v) is 8.16. The SMILES string of the molecule is COCC(=O)N1N=C(c2ccc(NS(C)(=O)=O)cc2)C[C@@H]1c1ccccc1F. The van der Waals surface area contributed by atoms with Crippen molar-refractivity contribution in [2.24, 2.45) is 5.10 Å². The maximum Gasteiger partial charge on any atom is 0.269 e. The molecule has 3 rings (SSSR count). The van der Waals surface area contributed by atoms with Gasteiger partial charge in [-0.15, -0.1) is 0 Å². The number of anilines is 1. The zero-order valence-corrected chi connectivity index (χ0v) is 16.2. The van der Waals surface area contributed by atoms with E-state index >= 15 is 0 Å². The molecule has 1 N–H and O–H groups in total. The van der Waals surface area contributed by atoms with Crippen LogP contribution in [0.5, 0.6) is 0 Å². The molecule has 1 aliphatic heterocycles. The van der Waals surface area contributed by atoms with Crippen LogP contribution >= 0.6 is 0 Å². The number of nitrogens with one attached hydrogen (secondary N) is 1. The molecule has 0 saturated carbocycles. The van der Waals surface area contributed by atoms with Crippen molar-refractivity contribution in [3.8, 4) is 0 Å². The van der Waals surface area contributed by atoms with Crippen molar-refractivity contribution in [2.75, 3.05) is 24.7 Å². The monoisotopic (exact) mass is 405 g/mol. The van der Waals surface area contributed by atoms with Gasteiger partial charge in [-0.2, -0.15) is 5.10 Å². The van der Waals surface area contributed by atoms with Crippen molar-refractivity contribution < 1.29 is 22.3 Å². The van der Waals surface area contributed by atoms with Crippen molar-refractivity contribution in [1.82, 2.24) is 5.01 Å². The van der Waals surface area contributed by atoms with Crippen molar-refractivity contribution in [3.05, 3.63) is 65.5 Å². The first-order valence-corrected chi connectivity index (χ1v) is 10.4. The van der Waals surface area contributed by atoms with Crippen LogP contribution in [0, 0.1) is 5.82 Å². The summed E-state index contributed by atoms with van der Waals surface area (Å²) in [4.78, 5) is 12.4. The minimum atomic E-state index is -3.37. The highest BCUT2D eigenvalue weighted by molar-refractivity contribution is 7.92. The lowest BCUT2D eigenvalue weighted by Gasteiger charge is -2.22. The van der Waals surface area contributed by atoms with Gasteiger partial charge in [-0.1, -0.05) is 30.3 Å². The number of hydrazone groups is 1. The third-order valence-corrected chi connectivity index (χ3v) is 4.83. The van der Waals surface area contributed by atoms with E-state index in [1.807, 2.05) is 0 Å². The summed E-state index contributed by atoms with van der Waals surface area (Å²) in [6, 6.07) is 12.3. The van der Waals surface area contributed by atoms with Gasteiger partial charge in [-0.3, -0.25) is 9.52 Å². The largest absolute Gasteiger partial charge is 0.375 e. The van der Waals surface area contributed by atoms with Gasteiger partial charge in [0.05, 0.1) is 18.0 Å². The Morgan fingerprint density at radius 3 is 2.54 bits per heavy atom. The second-order valence-electron chi connectivity index (χ2n) is 6.41. The Balaban J connectivity index is 1.90. The van der Waals surface area contributed by atoms with Crippen molar-refractivity contribution >= 4 is 27.3 Å². The van der Waals surface area contributed by atoms with E-state index in [0.29, 0.717) is 28.9 Å². The fraction of sp³-hybridized carbons (Fsp3) is 0.263. The molecule has 28 heavy (non-hydrogen) atoms. The predicted octanol–water partition coefficient (Wildman–Crippen LogP) is 2.52. The van der Waals surface area contributed by atoms with Gasteiger partial charge in [0.15, 0.2) is 0 Å². The molecule has 0 aliphatic carbocycles. The van der Waals surface area contributed by atoms with Crippen LogP contribution in [0.3, 0.4) is 0 Å². The van der Waals surface area contributed by atoms with E-state index in [0.717, 1.165) is 6.26 Å². The number of sulfonamides is 1. The number of rotatable bonds is 6. The van der Waals surface area contributed by atoms with Crippen LogP contribution in [0.25, 0.3) is 0 Å². The molecule has 1 amide bonds. The molecular formula is C19H20FN3O4S. The molecule has 7 nitrogen and oxygen atoms in total. The summed E-state index contributed by atoms with van der Waals surface area (Å²) in [5.41, 5.74) is 2.11. The Hall–Kier alpha value is -2.78. The standard InChI is InChI=1S/C19H20FN3O4S/c1-27-12-19(24)23-18(15-5-3-4-6-16(15)20)11-17(21-23)13-7-9-14(10-8-13)22-28(2,25)26/h3-10,18,22H,11-12H2,1-2H3/t18-/m1/s1. The zero-order valence-electron chi connectivity index (χ0n) is 15.4. The Morgan fingerprint density at radius 1 is 1.25 bits per heavy atom. The number of carbonyl (C=O) groups excluding carboxylic acids is 1. The molecule has 1 heterocycles. The van der Waals surface area contributed by atoms with E-state index in [4.69, 9.17) is 4.74 Å². The topological polar surface area (TPSA) is 88.1 Å². The molecule has 148 valence electrons. The van der Waals surface area contributed by atoms with Crippen LogP contribution < -0.4 is 4.72 Å². The minimum Gasteiger partial charge on any atom is -0.375 e. The summed E-state index contributed by atoms with van der Waals surface area (Å²) in [6.07, 6.45) is 1.40. The van der Waals surface area contributed by atoms with Gasteiger partial charge in [-0.25, -0.2) is 17.8 Å². The van der Waals surface area contributed by atoms with Crippen LogP contribution in [0.4, 0.5) is 10.1 Å². The quantitative estimate of drug-likeness (QED) is 0.800. The molecule has 1 aliphatic rings. The van der Waals surface area contributed by atoms with Crippen LogP contribution in [0.1, 0.15) is 23.6 Å². The van der Waals surface area contributed by atoms with Crippen molar-refractivity contribution in [1.29, 1.82) is 0 Å². The lowest BCUT2D eigenvalue weighted by molar-refractivity contribution is -0.137. The Labute approximate surface area is 162 Å². The summed E-state index contributed by atoms with van der Waals surface area (Å²) >= 11 is 0. The molecule has 0 fully saturated rings. The number of ether oxygens (including phenoxy) is 1. The van der Waals surface area contributed by atoms with Crippen LogP contribution in [-0.2, 0) is 19.6 Å². The highest BCUT2D eigenvalue weighted by atomic mass is 32.2. The van der Waals surface area contributed by atoms with E-state index < -0.39 is 21.9 Å². The Bertz CT molecular complexity index is 1010. The fourth-order valence-corrected chi connectivity index (χ4v) is 3.60. The molecule has 2 aromatic carbocycles. The van der Waals surface area contributed by atoms with Crippen LogP contribution in [-0.4, -0.2) is 45.0 Å². The Kier molecular flexibility index (Phi) is 5.76. The van der Waals surface area contributed by atoms with Crippen LogP contribution in [0.2, 0.25) is 0 Å². The highest BCUT2D eigenvalue weighted by Gasteiger charge is 2.34. The van der Waals surface area contributed by atoms with Gasteiger partial charge in [-0.05, 0) is 23.8 Å². The van der Waals surface area contributed by atoms with Gasteiger partial charge < -0.3 is 4.74 Å². The number of hydrogen-bond acceptors (Lipinski definition) is 5. The number of halogens is 1. The predicted molar refractivity (Wildman–Crippen MR) is 104 cm³/mol. The second kappa shape index (κ2) is 8.07. The molecule has 0 radical (unpaired) electrons. The molecule has 2 aromatic rings. The van der Waals surface area contributed by atoms with E-state index in [-0.39, 0.29) is 12.5 Å². The van der Waals surface area contributed by atoms with Gasteiger partial charge in [0.2, 0.25) is 10.0 Å². The van der Waals surface area contributed by atoms with Crippen molar-refractivity contribution in [2.45, 2.75) is 12.5 Å². The third kappa shape index (κ3) is 4.55. The number of methoxy groups -OCH3 is 1. The summed E-state index contributed by atoms with van der Waals surface area (Å²) < 4.78 is 44.3. The first-order valence-electron chi connectivity index (χ1n) is 8.49. The first kappa shape index (κ1) is 20.0. The molecule has 0 unspecified atom stereocenters. The first-order chi connectivity index (χ1) is 13.3. The summed E-state index contributed by atoms with van der Waals surface area (Å²) in [5.74, 6) is -0.784. The summed E-state index contributed by atoms with van der Waals surface area (Å²) in [7, 11) is -1.97. The van der Waals surface area contributed by atoms with E-state index in [2.05, 4.69) is 9.82 Å². The molecule has 0 aromatic heterocycles. The van der Waals surface area contributed by atoms with Gasteiger partial charge in [0, 0.05) is 24.8 Å². The number of nitrogens with zero attached hydrogens (tertiary/aromatic N) is 2. The summed E-state index contributed by atoms with van der Waals surface area (Å²) in [5, 5.41) is 5.65. The van der Waals surface area contributed by atoms with Crippen molar-refractivity contribution in [3.63, 3.8) is 0 Å². The minimum absolute atomic E-state index is 0.168. The molecule has 0 saturated heterocycles. The molecular weight excluding hydrogens is 385 g/mol. The average Bonchev–Trinajstić information content (AvgIpc) is 3.07. The van der Waals surface area contributed by atoms with Gasteiger partial charge >= 0.3 is 0 Å². The maximum absolute atomic E-state index is 14.3. The smallest absolute Gasteiger partial charge is 0.269 e. The number of amides is 1. The lowest BCUT2D eigenvalue weighted by atomic mass is 9.98. The lowest BCUT2D eigenvalue weighted by Crippen LogP contribution is -2.30. The molecule has 1 atom stereocenters. The number of benzene rings is 2. The summed E-state index contributed by atoms with van der Waals surface area (Å²) in [6.45, 7) is -0.168. The highest BCUT2D eigenvalue weighted by Crippen LogP contribution is 2.34. The normalized spacial score (nSPS) is 16.8. The molecule has 0 spiro atoms. The number of hydrogen-bond donors (Lipinski definition) is 1. The third-order valence-electron chi connectivity index (χ3n) is 4.22.